The zero-order valence-electron chi connectivity index (χ0n) is 17.4. The van der Waals surface area contributed by atoms with Crippen molar-refractivity contribution >= 4 is 39.9 Å². The van der Waals surface area contributed by atoms with E-state index in [1.165, 1.54) is 18.3 Å². The number of benzene rings is 1. The molecule has 9 heteroatoms. The molecule has 1 fully saturated rings. The van der Waals surface area contributed by atoms with E-state index < -0.39 is 0 Å². The molecule has 0 spiro atoms. The van der Waals surface area contributed by atoms with Crippen molar-refractivity contribution in [2.24, 2.45) is 0 Å². The molecule has 31 heavy (non-hydrogen) atoms. The number of anilines is 1. The lowest BCUT2D eigenvalue weighted by Gasteiger charge is -2.31. The van der Waals surface area contributed by atoms with E-state index in [4.69, 9.17) is 16.0 Å². The normalized spacial score (nSPS) is 16.4. The second-order valence-electron chi connectivity index (χ2n) is 7.64. The number of halogens is 1. The van der Waals surface area contributed by atoms with E-state index in [9.17, 15) is 9.59 Å². The highest BCUT2D eigenvalue weighted by Crippen LogP contribution is 2.31. The Balaban J connectivity index is 1.45. The second-order valence-corrected chi connectivity index (χ2v) is 9.04. The lowest BCUT2D eigenvalue weighted by Crippen LogP contribution is -2.39. The summed E-state index contributed by atoms with van der Waals surface area (Å²) < 4.78 is 6.02. The summed E-state index contributed by atoms with van der Waals surface area (Å²) in [5.41, 5.74) is 1.61. The molecule has 7 nitrogen and oxygen atoms in total. The Bertz CT molecular complexity index is 1110. The molecule has 0 saturated carbocycles. The molecule has 0 radical (unpaired) electrons. The van der Waals surface area contributed by atoms with Crippen LogP contribution >= 0.6 is 22.9 Å². The minimum absolute atomic E-state index is 0.0423. The van der Waals surface area contributed by atoms with E-state index in [1.54, 1.807) is 13.1 Å². The van der Waals surface area contributed by atoms with Crippen molar-refractivity contribution in [1.82, 2.24) is 14.9 Å². The summed E-state index contributed by atoms with van der Waals surface area (Å²) in [7, 11) is 0. The second kappa shape index (κ2) is 9.20. The average molecular weight is 459 g/mol. The Morgan fingerprint density at radius 2 is 2.16 bits per heavy atom. The molecule has 3 aromatic rings. The van der Waals surface area contributed by atoms with Crippen molar-refractivity contribution in [2.45, 2.75) is 39.0 Å². The predicted molar refractivity (Wildman–Crippen MR) is 120 cm³/mol. The van der Waals surface area contributed by atoms with E-state index in [0.717, 1.165) is 24.2 Å². The van der Waals surface area contributed by atoms with E-state index in [1.807, 2.05) is 29.2 Å². The highest BCUT2D eigenvalue weighted by atomic mass is 35.5. The Morgan fingerprint density at radius 1 is 1.35 bits per heavy atom. The van der Waals surface area contributed by atoms with Crippen LogP contribution in [0.2, 0.25) is 5.02 Å². The highest BCUT2D eigenvalue weighted by molar-refractivity contribution is 7.17. The van der Waals surface area contributed by atoms with Crippen LogP contribution in [0.15, 0.2) is 34.9 Å². The molecule has 4 rings (SSSR count). The third-order valence-corrected chi connectivity index (χ3v) is 6.66. The molecule has 1 aliphatic rings. The number of likely N-dealkylation sites (tertiary alicyclic amines) is 1. The molecular weight excluding hydrogens is 436 g/mol. The van der Waals surface area contributed by atoms with Gasteiger partial charge in [0.2, 0.25) is 5.91 Å². The number of hydrogen-bond acceptors (Lipinski definition) is 6. The summed E-state index contributed by atoms with van der Waals surface area (Å²) in [5.74, 6) is 1.17. The Morgan fingerprint density at radius 3 is 2.94 bits per heavy atom. The van der Waals surface area contributed by atoms with E-state index in [2.05, 4.69) is 15.3 Å². The van der Waals surface area contributed by atoms with Crippen LogP contribution in [-0.2, 0) is 11.2 Å². The Labute approximate surface area is 189 Å². The lowest BCUT2D eigenvalue weighted by molar-refractivity contribution is -0.114. The molecule has 1 saturated heterocycles. The fraction of sp³-hybridized carbons (Fsp3) is 0.364. The van der Waals surface area contributed by atoms with Crippen molar-refractivity contribution in [3.8, 4) is 0 Å². The van der Waals surface area contributed by atoms with Gasteiger partial charge in [0.25, 0.3) is 5.91 Å². The number of amides is 2. The van der Waals surface area contributed by atoms with Gasteiger partial charge in [-0.25, -0.2) is 9.97 Å². The molecule has 2 amide bonds. The number of carbonyl (C=O) groups excluding carboxylic acids is 2. The number of carbonyl (C=O) groups is 2. The first kappa shape index (κ1) is 21.5. The monoisotopic (exact) mass is 458 g/mol. The molecule has 1 atom stereocenters. The molecule has 2 aromatic heterocycles. The van der Waals surface area contributed by atoms with Gasteiger partial charge >= 0.3 is 0 Å². The van der Waals surface area contributed by atoms with E-state index >= 15 is 0 Å². The molecule has 1 N–H and O–H groups in total. The van der Waals surface area contributed by atoms with Gasteiger partial charge in [0.05, 0.1) is 17.8 Å². The van der Waals surface area contributed by atoms with Crippen molar-refractivity contribution in [1.29, 1.82) is 0 Å². The first-order valence-corrected chi connectivity index (χ1v) is 11.3. The van der Waals surface area contributed by atoms with Gasteiger partial charge in [0.1, 0.15) is 10.6 Å². The minimum Gasteiger partial charge on any atom is -0.445 e. The zero-order valence-corrected chi connectivity index (χ0v) is 18.9. The smallest absolute Gasteiger partial charge is 0.265 e. The Hall–Kier alpha value is -2.71. The molecule has 0 aliphatic carbocycles. The quantitative estimate of drug-likeness (QED) is 0.600. The van der Waals surface area contributed by atoms with Crippen molar-refractivity contribution < 1.29 is 14.0 Å². The maximum atomic E-state index is 13.1. The van der Waals surface area contributed by atoms with Gasteiger partial charge in [0.15, 0.2) is 11.0 Å². The van der Waals surface area contributed by atoms with Gasteiger partial charge in [-0.05, 0) is 31.4 Å². The SMILES string of the molecule is CC(=O)Nc1nc(C)c(C(=O)N2CCC[C@H](c3ncc(Cc4ccccc4Cl)o3)C2)s1. The van der Waals surface area contributed by atoms with Gasteiger partial charge in [0, 0.05) is 31.5 Å². The number of thiazole rings is 1. The molecule has 1 aliphatic heterocycles. The largest absolute Gasteiger partial charge is 0.445 e. The standard InChI is InChI=1S/C22H23ClN4O3S/c1-13-19(31-22(25-13)26-14(2)28)21(29)27-9-5-7-16(12-27)20-24-11-17(30-20)10-15-6-3-4-8-18(15)23/h3-4,6,8,11,16H,5,7,9-10,12H2,1-2H3,(H,25,26,28)/t16-/m0/s1. The van der Waals surface area contributed by atoms with Gasteiger partial charge in [-0.2, -0.15) is 0 Å². The maximum absolute atomic E-state index is 13.1. The first-order chi connectivity index (χ1) is 14.9. The van der Waals surface area contributed by atoms with Crippen LogP contribution in [0.4, 0.5) is 5.13 Å². The van der Waals surface area contributed by atoms with Crippen molar-refractivity contribution in [3.05, 3.63) is 63.3 Å². The summed E-state index contributed by atoms with van der Waals surface area (Å²) in [5, 5.41) is 3.79. The molecule has 0 unspecified atom stereocenters. The number of oxazole rings is 1. The van der Waals surface area contributed by atoms with Crippen LogP contribution in [0.1, 0.15) is 58.3 Å². The van der Waals surface area contributed by atoms with Crippen LogP contribution in [0.5, 0.6) is 0 Å². The number of aromatic nitrogens is 2. The van der Waals surface area contributed by atoms with Gasteiger partial charge < -0.3 is 14.6 Å². The van der Waals surface area contributed by atoms with E-state index in [0.29, 0.717) is 46.1 Å². The predicted octanol–water partition coefficient (Wildman–Crippen LogP) is 4.66. The van der Waals surface area contributed by atoms with Crippen molar-refractivity contribution in [2.75, 3.05) is 18.4 Å². The summed E-state index contributed by atoms with van der Waals surface area (Å²) in [4.78, 5) is 35.5. The van der Waals surface area contributed by atoms with Crippen LogP contribution in [0.25, 0.3) is 0 Å². The Kier molecular flexibility index (Phi) is 6.38. The minimum atomic E-state index is -0.206. The average Bonchev–Trinajstić information content (AvgIpc) is 3.35. The number of piperidine rings is 1. The fourth-order valence-electron chi connectivity index (χ4n) is 3.73. The third kappa shape index (κ3) is 4.97. The summed E-state index contributed by atoms with van der Waals surface area (Å²) >= 11 is 7.46. The molecule has 162 valence electrons. The van der Waals surface area contributed by atoms with Gasteiger partial charge in [-0.15, -0.1) is 0 Å². The van der Waals surface area contributed by atoms with Gasteiger partial charge in [-0.1, -0.05) is 41.1 Å². The third-order valence-electron chi connectivity index (χ3n) is 5.23. The molecule has 3 heterocycles. The van der Waals surface area contributed by atoms with Crippen LogP contribution < -0.4 is 5.32 Å². The van der Waals surface area contributed by atoms with Gasteiger partial charge in [-0.3, -0.25) is 9.59 Å². The number of hydrogen-bond donors (Lipinski definition) is 1. The summed E-state index contributed by atoms with van der Waals surface area (Å²) in [6.45, 7) is 4.42. The summed E-state index contributed by atoms with van der Waals surface area (Å²) in [6, 6.07) is 7.67. The number of rotatable bonds is 5. The molecule has 0 bridgehead atoms. The van der Waals surface area contributed by atoms with Crippen LogP contribution in [-0.4, -0.2) is 39.8 Å². The number of nitrogens with one attached hydrogen (secondary N) is 1. The van der Waals surface area contributed by atoms with Crippen molar-refractivity contribution in [3.63, 3.8) is 0 Å². The number of aryl methyl sites for hydroxylation is 1. The maximum Gasteiger partial charge on any atom is 0.265 e. The first-order valence-electron chi connectivity index (χ1n) is 10.1. The lowest BCUT2D eigenvalue weighted by atomic mass is 9.98. The molecule has 1 aromatic carbocycles. The number of nitrogens with zero attached hydrogens (tertiary/aromatic N) is 3. The van der Waals surface area contributed by atoms with Crippen LogP contribution in [0, 0.1) is 6.92 Å². The zero-order chi connectivity index (χ0) is 22.0. The topological polar surface area (TPSA) is 88.3 Å². The van der Waals surface area contributed by atoms with Crippen LogP contribution in [0.3, 0.4) is 0 Å². The van der Waals surface area contributed by atoms with E-state index in [-0.39, 0.29) is 17.7 Å². The molecular formula is C22H23ClN4O3S. The summed E-state index contributed by atoms with van der Waals surface area (Å²) in [6.07, 6.45) is 4.10. The fourth-order valence-corrected chi connectivity index (χ4v) is 4.91. The highest BCUT2D eigenvalue weighted by Gasteiger charge is 2.30.